The molecule has 0 amide bonds. The van der Waals surface area contributed by atoms with E-state index in [0.29, 0.717) is 17.1 Å². The fraction of sp³-hybridized carbons (Fsp3) is 0.143. The Kier molecular flexibility index (Phi) is 3.53. The first kappa shape index (κ1) is 13.5. The first-order valence-electron chi connectivity index (χ1n) is 6.32. The second kappa shape index (κ2) is 5.49. The summed E-state index contributed by atoms with van der Waals surface area (Å²) in [4.78, 5) is 14.9. The van der Waals surface area contributed by atoms with Gasteiger partial charge >= 0.3 is 5.97 Å². The summed E-state index contributed by atoms with van der Waals surface area (Å²) in [5.41, 5.74) is 2.10. The molecule has 2 aromatic heterocycles. The summed E-state index contributed by atoms with van der Waals surface area (Å²) in [6.07, 6.45) is 3.76. The van der Waals surface area contributed by atoms with Crippen LogP contribution >= 0.6 is 11.6 Å². The van der Waals surface area contributed by atoms with Crippen molar-refractivity contribution >= 4 is 28.5 Å². The van der Waals surface area contributed by atoms with Crippen LogP contribution in [0.3, 0.4) is 0 Å². The quantitative estimate of drug-likeness (QED) is 0.800. The lowest BCUT2D eigenvalue weighted by molar-refractivity contribution is -0.136. The molecule has 0 aliphatic heterocycles. The van der Waals surface area contributed by atoms with Gasteiger partial charge in [-0.05, 0) is 24.3 Å². The molecular formula is C14H11ClN4O2. The van der Waals surface area contributed by atoms with Crippen molar-refractivity contribution in [3.05, 3.63) is 47.4 Å². The van der Waals surface area contributed by atoms with E-state index in [1.165, 1.54) is 0 Å². The van der Waals surface area contributed by atoms with Gasteiger partial charge in [-0.15, -0.1) is 5.10 Å². The summed E-state index contributed by atoms with van der Waals surface area (Å²) in [6.45, 7) is 0. The highest BCUT2D eigenvalue weighted by Crippen LogP contribution is 2.26. The summed E-state index contributed by atoms with van der Waals surface area (Å²) in [6, 6.07) is 7.29. The summed E-state index contributed by atoms with van der Waals surface area (Å²) < 4.78 is 1.59. The van der Waals surface area contributed by atoms with Crippen LogP contribution in [0.2, 0.25) is 5.02 Å². The van der Waals surface area contributed by atoms with Crippen molar-refractivity contribution in [1.29, 1.82) is 0 Å². The predicted molar refractivity (Wildman–Crippen MR) is 77.6 cm³/mol. The minimum Gasteiger partial charge on any atom is -0.481 e. The van der Waals surface area contributed by atoms with Gasteiger partial charge in [-0.3, -0.25) is 9.78 Å². The molecule has 106 valence electrons. The molecule has 0 unspecified atom stereocenters. The fourth-order valence-corrected chi connectivity index (χ4v) is 2.29. The summed E-state index contributed by atoms with van der Waals surface area (Å²) in [5, 5.41) is 18.2. The number of aromatic nitrogens is 4. The van der Waals surface area contributed by atoms with Gasteiger partial charge in [0.05, 0.1) is 34.5 Å². The molecule has 0 fully saturated rings. The Morgan fingerprint density at radius 1 is 1.33 bits per heavy atom. The highest BCUT2D eigenvalue weighted by atomic mass is 35.5. The minimum atomic E-state index is -0.858. The van der Waals surface area contributed by atoms with Crippen molar-refractivity contribution in [1.82, 2.24) is 20.0 Å². The highest BCUT2D eigenvalue weighted by Gasteiger charge is 2.10. The van der Waals surface area contributed by atoms with Crippen molar-refractivity contribution < 1.29 is 9.90 Å². The number of pyridine rings is 1. The van der Waals surface area contributed by atoms with Gasteiger partial charge < -0.3 is 5.11 Å². The first-order chi connectivity index (χ1) is 10.1. The Morgan fingerprint density at radius 3 is 3.00 bits per heavy atom. The van der Waals surface area contributed by atoms with Crippen LogP contribution in [0.5, 0.6) is 0 Å². The summed E-state index contributed by atoms with van der Waals surface area (Å²) in [5.74, 6) is -0.858. The number of hydrogen-bond donors (Lipinski definition) is 1. The normalized spacial score (nSPS) is 10.9. The van der Waals surface area contributed by atoms with Gasteiger partial charge in [0.15, 0.2) is 0 Å². The van der Waals surface area contributed by atoms with Gasteiger partial charge in [0.25, 0.3) is 0 Å². The molecule has 0 bridgehead atoms. The molecule has 0 saturated carbocycles. The van der Waals surface area contributed by atoms with Crippen molar-refractivity contribution in [2.24, 2.45) is 0 Å². The molecule has 0 atom stereocenters. The van der Waals surface area contributed by atoms with Crippen LogP contribution in [0, 0.1) is 0 Å². The Morgan fingerprint density at radius 2 is 2.19 bits per heavy atom. The lowest BCUT2D eigenvalue weighted by Gasteiger charge is -2.06. The molecule has 1 aromatic carbocycles. The smallest absolute Gasteiger partial charge is 0.303 e. The monoisotopic (exact) mass is 302 g/mol. The Bertz CT molecular complexity index is 816. The molecule has 21 heavy (non-hydrogen) atoms. The van der Waals surface area contributed by atoms with Gasteiger partial charge in [-0.25, -0.2) is 4.68 Å². The average molecular weight is 303 g/mol. The van der Waals surface area contributed by atoms with E-state index >= 15 is 0 Å². The maximum atomic E-state index is 10.6. The largest absolute Gasteiger partial charge is 0.481 e. The average Bonchev–Trinajstić information content (AvgIpc) is 2.94. The van der Waals surface area contributed by atoms with E-state index in [4.69, 9.17) is 16.7 Å². The van der Waals surface area contributed by atoms with Crippen molar-refractivity contribution in [2.45, 2.75) is 12.8 Å². The second-order valence-electron chi connectivity index (χ2n) is 4.51. The van der Waals surface area contributed by atoms with E-state index in [1.54, 1.807) is 23.1 Å². The zero-order chi connectivity index (χ0) is 14.8. The molecule has 0 spiro atoms. The number of fused-ring (bicyclic) bond motifs is 1. The molecule has 6 nitrogen and oxygen atoms in total. The molecule has 7 heteroatoms. The summed E-state index contributed by atoms with van der Waals surface area (Å²) in [7, 11) is 0. The SMILES string of the molecule is O=C(O)CCc1cn(-c2ccc(Cl)c3cccnc23)nn1. The first-order valence-corrected chi connectivity index (χ1v) is 6.69. The molecule has 0 aliphatic carbocycles. The van der Waals surface area contributed by atoms with E-state index in [2.05, 4.69) is 15.3 Å². The Hall–Kier alpha value is -2.47. The third-order valence-corrected chi connectivity index (χ3v) is 3.41. The number of nitrogens with zero attached hydrogens (tertiary/aromatic N) is 4. The molecular weight excluding hydrogens is 292 g/mol. The number of hydrogen-bond acceptors (Lipinski definition) is 4. The van der Waals surface area contributed by atoms with Gasteiger partial charge in [0.1, 0.15) is 0 Å². The van der Waals surface area contributed by atoms with Gasteiger partial charge in [-0.1, -0.05) is 16.8 Å². The lowest BCUT2D eigenvalue weighted by atomic mass is 10.2. The molecule has 0 aliphatic rings. The van der Waals surface area contributed by atoms with E-state index < -0.39 is 5.97 Å². The maximum absolute atomic E-state index is 10.6. The van der Waals surface area contributed by atoms with E-state index in [0.717, 1.165) is 16.6 Å². The molecule has 3 rings (SSSR count). The predicted octanol–water partition coefficient (Wildman–Crippen LogP) is 2.49. The van der Waals surface area contributed by atoms with E-state index in [1.807, 2.05) is 18.2 Å². The number of aliphatic carboxylic acids is 1. The fourth-order valence-electron chi connectivity index (χ4n) is 2.07. The Labute approximate surface area is 125 Å². The van der Waals surface area contributed by atoms with Gasteiger partial charge in [0, 0.05) is 18.0 Å². The number of aryl methyl sites for hydroxylation is 1. The zero-order valence-corrected chi connectivity index (χ0v) is 11.7. The van der Waals surface area contributed by atoms with Crippen molar-refractivity contribution in [3.63, 3.8) is 0 Å². The minimum absolute atomic E-state index is 0.0261. The maximum Gasteiger partial charge on any atom is 0.303 e. The molecule has 3 aromatic rings. The number of carboxylic acids is 1. The van der Waals surface area contributed by atoms with Crippen molar-refractivity contribution in [2.75, 3.05) is 0 Å². The van der Waals surface area contributed by atoms with Crippen molar-refractivity contribution in [3.8, 4) is 5.69 Å². The van der Waals surface area contributed by atoms with Crippen LogP contribution in [-0.4, -0.2) is 31.1 Å². The van der Waals surface area contributed by atoms with Gasteiger partial charge in [0.2, 0.25) is 0 Å². The molecule has 2 heterocycles. The van der Waals surface area contributed by atoms with E-state index in [9.17, 15) is 4.79 Å². The van der Waals surface area contributed by atoms with Crippen LogP contribution in [0.1, 0.15) is 12.1 Å². The highest BCUT2D eigenvalue weighted by molar-refractivity contribution is 6.35. The number of carboxylic acid groups (broad SMARTS) is 1. The molecule has 0 radical (unpaired) electrons. The van der Waals surface area contributed by atoms with Crippen LogP contribution < -0.4 is 0 Å². The third kappa shape index (κ3) is 2.71. The molecule has 0 saturated heterocycles. The number of carbonyl (C=O) groups is 1. The van der Waals surface area contributed by atoms with Crippen LogP contribution in [0.15, 0.2) is 36.7 Å². The topological polar surface area (TPSA) is 80.9 Å². The number of halogens is 1. The number of benzene rings is 1. The second-order valence-corrected chi connectivity index (χ2v) is 4.92. The van der Waals surface area contributed by atoms with Crippen LogP contribution in [0.4, 0.5) is 0 Å². The zero-order valence-electron chi connectivity index (χ0n) is 10.9. The van der Waals surface area contributed by atoms with Gasteiger partial charge in [-0.2, -0.15) is 0 Å². The van der Waals surface area contributed by atoms with Crippen LogP contribution in [0.25, 0.3) is 16.6 Å². The summed E-state index contributed by atoms with van der Waals surface area (Å²) >= 11 is 6.16. The Balaban J connectivity index is 2.01. The lowest BCUT2D eigenvalue weighted by Crippen LogP contribution is -1.98. The van der Waals surface area contributed by atoms with E-state index in [-0.39, 0.29) is 6.42 Å². The molecule has 1 N–H and O–H groups in total. The third-order valence-electron chi connectivity index (χ3n) is 3.08. The number of rotatable bonds is 4. The van der Waals surface area contributed by atoms with Crippen LogP contribution in [-0.2, 0) is 11.2 Å². The standard InChI is InChI=1S/C14H11ClN4O2/c15-11-4-5-12(14-10(11)2-1-7-16-14)19-8-9(17-18-19)3-6-13(20)21/h1-2,4-5,7-8H,3,6H2,(H,20,21).